The van der Waals surface area contributed by atoms with E-state index in [1.165, 1.54) is 29.0 Å². The maximum absolute atomic E-state index is 13.0. The topological polar surface area (TPSA) is 69.7 Å². The van der Waals surface area contributed by atoms with Crippen molar-refractivity contribution in [1.82, 2.24) is 4.90 Å². The molecule has 3 rings (SSSR count). The van der Waals surface area contributed by atoms with Crippen molar-refractivity contribution in [3.8, 4) is 0 Å². The summed E-state index contributed by atoms with van der Waals surface area (Å²) < 4.78 is 39.0. The number of aryl methyl sites for hydroxylation is 1. The number of rotatable bonds is 6. The number of anilines is 2. The summed E-state index contributed by atoms with van der Waals surface area (Å²) in [6.45, 7) is 1.72. The van der Waals surface area contributed by atoms with Crippen LogP contribution in [0.2, 0.25) is 0 Å². The van der Waals surface area contributed by atoms with Crippen LogP contribution in [0.5, 0.6) is 0 Å². The Morgan fingerprint density at radius 1 is 1.16 bits per heavy atom. The maximum Gasteiger partial charge on any atom is 0.416 e. The van der Waals surface area contributed by atoms with E-state index in [4.69, 9.17) is 0 Å². The van der Waals surface area contributed by atoms with Crippen molar-refractivity contribution < 1.29 is 27.6 Å². The summed E-state index contributed by atoms with van der Waals surface area (Å²) in [5, 5.41) is 2.78. The number of carbonyl (C=O) groups is 3. The highest BCUT2D eigenvalue weighted by Gasteiger charge is 2.38. The van der Waals surface area contributed by atoms with E-state index >= 15 is 0 Å². The predicted molar refractivity (Wildman–Crippen MR) is 114 cm³/mol. The number of nitrogens with zero attached hydrogens (tertiary/aromatic N) is 2. The van der Waals surface area contributed by atoms with Gasteiger partial charge in [0.15, 0.2) is 0 Å². The van der Waals surface area contributed by atoms with Crippen LogP contribution in [-0.2, 0) is 27.0 Å². The van der Waals surface area contributed by atoms with Crippen LogP contribution in [0.15, 0.2) is 48.5 Å². The molecular weight excluding hydrogens is 423 g/mol. The molecule has 0 saturated carbocycles. The van der Waals surface area contributed by atoms with Gasteiger partial charge in [0.1, 0.15) is 0 Å². The Bertz CT molecular complexity index is 1020. The Labute approximate surface area is 184 Å². The molecule has 1 atom stereocenters. The zero-order valence-electron chi connectivity index (χ0n) is 17.8. The Kier molecular flexibility index (Phi) is 6.86. The second kappa shape index (κ2) is 9.42. The molecule has 2 aromatic rings. The van der Waals surface area contributed by atoms with Gasteiger partial charge in [0.25, 0.3) is 0 Å². The van der Waals surface area contributed by atoms with E-state index in [1.54, 1.807) is 12.1 Å². The fourth-order valence-electron chi connectivity index (χ4n) is 3.72. The third kappa shape index (κ3) is 5.27. The van der Waals surface area contributed by atoms with E-state index in [-0.39, 0.29) is 31.1 Å². The Morgan fingerprint density at radius 2 is 1.88 bits per heavy atom. The number of nitrogens with one attached hydrogen (secondary N) is 1. The molecule has 2 aromatic carbocycles. The van der Waals surface area contributed by atoms with Gasteiger partial charge in [-0.05, 0) is 36.2 Å². The molecule has 32 heavy (non-hydrogen) atoms. The highest BCUT2D eigenvalue weighted by atomic mass is 19.4. The first-order chi connectivity index (χ1) is 15.1. The molecule has 0 aliphatic carbocycles. The smallest absolute Gasteiger partial charge is 0.336 e. The van der Waals surface area contributed by atoms with E-state index in [0.29, 0.717) is 5.69 Å². The third-order valence-corrected chi connectivity index (χ3v) is 5.39. The Hall–Kier alpha value is -3.36. The minimum atomic E-state index is -4.53. The molecule has 1 heterocycles. The average Bonchev–Trinajstić information content (AvgIpc) is 3.14. The molecule has 3 amide bonds. The van der Waals surface area contributed by atoms with Crippen molar-refractivity contribution in [3.63, 3.8) is 0 Å². The molecule has 9 heteroatoms. The molecule has 0 unspecified atom stereocenters. The molecule has 1 saturated heterocycles. The van der Waals surface area contributed by atoms with Gasteiger partial charge >= 0.3 is 6.18 Å². The van der Waals surface area contributed by atoms with Gasteiger partial charge in [0.05, 0.1) is 18.0 Å². The minimum absolute atomic E-state index is 0.0381. The molecular formula is C23H24F3N3O3. The molecule has 1 aliphatic rings. The summed E-state index contributed by atoms with van der Waals surface area (Å²) in [6, 6.07) is 11.8. The fraction of sp³-hybridized carbons (Fsp3) is 0.348. The van der Waals surface area contributed by atoms with E-state index in [1.807, 2.05) is 19.1 Å². The van der Waals surface area contributed by atoms with Crippen LogP contribution in [0.3, 0.4) is 0 Å². The number of likely N-dealkylation sites (N-methyl/N-ethyl adjacent to an activating group) is 1. The monoisotopic (exact) mass is 447 g/mol. The summed E-state index contributed by atoms with van der Waals surface area (Å²) in [4.78, 5) is 40.0. The lowest BCUT2D eigenvalue weighted by Gasteiger charge is -2.22. The number of para-hydroxylation sites is 1. The first kappa shape index (κ1) is 23.3. The van der Waals surface area contributed by atoms with Gasteiger partial charge in [-0.3, -0.25) is 14.4 Å². The molecule has 0 spiro atoms. The zero-order chi connectivity index (χ0) is 23.5. The highest BCUT2D eigenvalue weighted by Crippen LogP contribution is 2.33. The summed E-state index contributed by atoms with van der Waals surface area (Å²) in [5.41, 5.74) is 0.871. The van der Waals surface area contributed by atoms with Crippen LogP contribution in [0.1, 0.15) is 24.5 Å². The lowest BCUT2D eigenvalue weighted by atomic mass is 10.1. The van der Waals surface area contributed by atoms with Crippen molar-refractivity contribution in [1.29, 1.82) is 0 Å². The SMILES string of the molecule is CCc1ccccc1NC(=O)CN(C)C(=O)[C@H]1CC(=O)N(c2cccc(C(F)(F)F)c2)C1. The van der Waals surface area contributed by atoms with Crippen LogP contribution in [0, 0.1) is 5.92 Å². The maximum atomic E-state index is 13.0. The number of hydrogen-bond donors (Lipinski definition) is 1. The van der Waals surface area contributed by atoms with E-state index in [2.05, 4.69) is 5.32 Å². The highest BCUT2D eigenvalue weighted by molar-refractivity contribution is 6.01. The van der Waals surface area contributed by atoms with Crippen LogP contribution >= 0.6 is 0 Å². The predicted octanol–water partition coefficient (Wildman–Crippen LogP) is 3.72. The van der Waals surface area contributed by atoms with Crippen molar-refractivity contribution in [2.24, 2.45) is 5.92 Å². The van der Waals surface area contributed by atoms with Gasteiger partial charge in [-0.25, -0.2) is 0 Å². The third-order valence-electron chi connectivity index (χ3n) is 5.39. The quantitative estimate of drug-likeness (QED) is 0.734. The average molecular weight is 447 g/mol. The van der Waals surface area contributed by atoms with Crippen LogP contribution in [0.25, 0.3) is 0 Å². The number of alkyl halides is 3. The van der Waals surface area contributed by atoms with Crippen LogP contribution in [0.4, 0.5) is 24.5 Å². The van der Waals surface area contributed by atoms with Crippen molar-refractivity contribution in [2.75, 3.05) is 30.4 Å². The standard InChI is InChI=1S/C23H24F3N3O3/c1-3-15-7-4-5-10-19(15)27-20(30)14-28(2)22(32)16-11-21(31)29(13-16)18-9-6-8-17(12-18)23(24,25)26/h4-10,12,16H,3,11,13-14H2,1-2H3,(H,27,30)/t16-/m0/s1. The lowest BCUT2D eigenvalue weighted by molar-refractivity contribution is -0.137. The molecule has 0 bridgehead atoms. The Morgan fingerprint density at radius 3 is 2.56 bits per heavy atom. The van der Waals surface area contributed by atoms with Crippen LogP contribution < -0.4 is 10.2 Å². The van der Waals surface area contributed by atoms with Gasteiger partial charge < -0.3 is 15.1 Å². The van der Waals surface area contributed by atoms with Crippen molar-refractivity contribution in [2.45, 2.75) is 25.9 Å². The molecule has 1 N–H and O–H groups in total. The first-order valence-corrected chi connectivity index (χ1v) is 10.2. The molecule has 6 nitrogen and oxygen atoms in total. The van der Waals surface area contributed by atoms with Gasteiger partial charge in [0, 0.05) is 31.4 Å². The Balaban J connectivity index is 1.63. The summed E-state index contributed by atoms with van der Waals surface area (Å²) in [7, 11) is 1.46. The van der Waals surface area contributed by atoms with Gasteiger partial charge in [0.2, 0.25) is 17.7 Å². The summed E-state index contributed by atoms with van der Waals surface area (Å²) in [5.74, 6) is -1.96. The van der Waals surface area contributed by atoms with Gasteiger partial charge in [-0.2, -0.15) is 13.2 Å². The zero-order valence-corrected chi connectivity index (χ0v) is 17.8. The second-order valence-corrected chi connectivity index (χ2v) is 7.71. The van der Waals surface area contributed by atoms with Gasteiger partial charge in [-0.15, -0.1) is 0 Å². The number of carbonyl (C=O) groups excluding carboxylic acids is 3. The summed E-state index contributed by atoms with van der Waals surface area (Å²) in [6.07, 6.45) is -3.92. The number of benzene rings is 2. The van der Waals surface area contributed by atoms with Crippen molar-refractivity contribution >= 4 is 29.1 Å². The molecule has 170 valence electrons. The number of hydrogen-bond acceptors (Lipinski definition) is 3. The molecule has 1 aliphatic heterocycles. The van der Waals surface area contributed by atoms with Crippen LogP contribution in [-0.4, -0.2) is 42.8 Å². The fourth-order valence-corrected chi connectivity index (χ4v) is 3.72. The van der Waals surface area contributed by atoms with Crippen molar-refractivity contribution in [3.05, 3.63) is 59.7 Å². The molecule has 0 aromatic heterocycles. The van der Waals surface area contributed by atoms with E-state index < -0.39 is 29.5 Å². The number of amides is 3. The normalized spacial score (nSPS) is 16.2. The minimum Gasteiger partial charge on any atom is -0.336 e. The van der Waals surface area contributed by atoms with E-state index in [9.17, 15) is 27.6 Å². The second-order valence-electron chi connectivity index (χ2n) is 7.71. The van der Waals surface area contributed by atoms with E-state index in [0.717, 1.165) is 24.1 Å². The first-order valence-electron chi connectivity index (χ1n) is 10.2. The molecule has 1 fully saturated rings. The number of halogens is 3. The lowest BCUT2D eigenvalue weighted by Crippen LogP contribution is -2.39. The molecule has 0 radical (unpaired) electrons. The van der Waals surface area contributed by atoms with Gasteiger partial charge in [-0.1, -0.05) is 31.2 Å². The summed E-state index contributed by atoms with van der Waals surface area (Å²) >= 11 is 0. The largest absolute Gasteiger partial charge is 0.416 e.